The van der Waals surface area contributed by atoms with Crippen LogP contribution in [-0.2, 0) is 4.79 Å². The van der Waals surface area contributed by atoms with Gasteiger partial charge in [-0.3, -0.25) is 4.79 Å². The highest BCUT2D eigenvalue weighted by Crippen LogP contribution is 2.38. The molecule has 0 amide bonds. The van der Waals surface area contributed by atoms with Gasteiger partial charge in [-0.15, -0.1) is 0 Å². The van der Waals surface area contributed by atoms with Crippen LogP contribution < -0.4 is 16.4 Å². The molecule has 2 atom stereocenters. The molecule has 5 heteroatoms. The van der Waals surface area contributed by atoms with Gasteiger partial charge < -0.3 is 21.5 Å². The average molecular weight is 348 g/mol. The van der Waals surface area contributed by atoms with Crippen molar-refractivity contribution < 1.29 is 9.90 Å². The number of rotatable bonds is 8. The molecular formula is C20H33N3O2. The smallest absolute Gasteiger partial charge is 0.323 e. The Morgan fingerprint density at radius 1 is 1.36 bits per heavy atom. The minimum Gasteiger partial charge on any atom is -0.480 e. The van der Waals surface area contributed by atoms with E-state index in [1.807, 2.05) is 0 Å². The van der Waals surface area contributed by atoms with Crippen LogP contribution in [0.2, 0.25) is 0 Å². The molecule has 1 aliphatic heterocycles. The van der Waals surface area contributed by atoms with E-state index in [9.17, 15) is 9.90 Å². The summed E-state index contributed by atoms with van der Waals surface area (Å²) in [5.74, 6) is -0.731. The summed E-state index contributed by atoms with van der Waals surface area (Å²) in [6.07, 6.45) is 12.4. The minimum absolute atomic E-state index is 0.101. The van der Waals surface area contributed by atoms with Gasteiger partial charge in [0.1, 0.15) is 5.54 Å². The van der Waals surface area contributed by atoms with Crippen molar-refractivity contribution in [1.82, 2.24) is 10.6 Å². The highest BCUT2D eigenvalue weighted by atomic mass is 16.4. The number of carboxylic acids is 1. The van der Waals surface area contributed by atoms with Crippen LogP contribution in [0.4, 0.5) is 0 Å². The number of carbonyl (C=O) groups is 1. The molecule has 0 aromatic rings. The summed E-state index contributed by atoms with van der Waals surface area (Å²) in [5.41, 5.74) is 8.22. The molecular weight excluding hydrogens is 314 g/mol. The zero-order valence-corrected chi connectivity index (χ0v) is 15.4. The number of fused-ring (bicyclic) bond motifs is 1. The summed E-state index contributed by atoms with van der Waals surface area (Å²) in [6.45, 7) is 4.00. The molecule has 2 unspecified atom stereocenters. The van der Waals surface area contributed by atoms with Gasteiger partial charge in [0, 0.05) is 25.2 Å². The molecule has 25 heavy (non-hydrogen) atoms. The van der Waals surface area contributed by atoms with Crippen molar-refractivity contribution in [2.45, 2.75) is 75.9 Å². The van der Waals surface area contributed by atoms with E-state index >= 15 is 0 Å². The predicted molar refractivity (Wildman–Crippen MR) is 100 cm³/mol. The topological polar surface area (TPSA) is 87.4 Å². The van der Waals surface area contributed by atoms with Gasteiger partial charge in [-0.05, 0) is 55.6 Å². The van der Waals surface area contributed by atoms with Crippen LogP contribution in [0.3, 0.4) is 0 Å². The van der Waals surface area contributed by atoms with Crippen LogP contribution in [0, 0.1) is 5.92 Å². The highest BCUT2D eigenvalue weighted by Gasteiger charge is 2.48. The van der Waals surface area contributed by atoms with Gasteiger partial charge in [0.25, 0.3) is 0 Å². The predicted octanol–water partition coefficient (Wildman–Crippen LogP) is 2.34. The SMILES string of the molecule is CCCCC(N)(C(=O)O)C1CC(NCC2CC3=CCCC=C3CN2)C1. The third-order valence-corrected chi connectivity index (χ3v) is 6.27. The molecule has 1 saturated heterocycles. The first kappa shape index (κ1) is 18.6. The Morgan fingerprint density at radius 3 is 2.76 bits per heavy atom. The van der Waals surface area contributed by atoms with Gasteiger partial charge in [0.15, 0.2) is 0 Å². The van der Waals surface area contributed by atoms with Crippen molar-refractivity contribution in [3.8, 4) is 0 Å². The molecule has 0 spiro atoms. The van der Waals surface area contributed by atoms with E-state index < -0.39 is 11.5 Å². The van der Waals surface area contributed by atoms with Crippen molar-refractivity contribution in [2.24, 2.45) is 11.7 Å². The quantitative estimate of drug-likeness (QED) is 0.541. The Balaban J connectivity index is 1.42. The molecule has 3 aliphatic rings. The van der Waals surface area contributed by atoms with E-state index in [0.717, 1.165) is 45.2 Å². The lowest BCUT2D eigenvalue weighted by atomic mass is 9.66. The monoisotopic (exact) mass is 347 g/mol. The number of allylic oxidation sites excluding steroid dienone is 2. The Labute approximate surface area is 151 Å². The fourth-order valence-electron chi connectivity index (χ4n) is 4.38. The van der Waals surface area contributed by atoms with Gasteiger partial charge in [-0.2, -0.15) is 0 Å². The number of carboxylic acid groups (broad SMARTS) is 1. The number of hydrogen-bond acceptors (Lipinski definition) is 4. The summed E-state index contributed by atoms with van der Waals surface area (Å²) in [6, 6.07) is 0.885. The zero-order valence-electron chi connectivity index (χ0n) is 15.4. The van der Waals surface area contributed by atoms with Gasteiger partial charge in [-0.25, -0.2) is 0 Å². The van der Waals surface area contributed by atoms with Crippen LogP contribution >= 0.6 is 0 Å². The van der Waals surface area contributed by atoms with Crippen molar-refractivity contribution in [1.29, 1.82) is 0 Å². The lowest BCUT2D eigenvalue weighted by Gasteiger charge is -2.45. The van der Waals surface area contributed by atoms with Crippen molar-refractivity contribution in [2.75, 3.05) is 13.1 Å². The van der Waals surface area contributed by atoms with Crippen molar-refractivity contribution >= 4 is 5.97 Å². The molecule has 2 aliphatic carbocycles. The second-order valence-corrected chi connectivity index (χ2v) is 8.04. The molecule has 2 fully saturated rings. The first-order valence-electron chi connectivity index (χ1n) is 9.90. The minimum atomic E-state index is -1.04. The lowest BCUT2D eigenvalue weighted by Crippen LogP contribution is -2.61. The number of hydrogen-bond donors (Lipinski definition) is 4. The summed E-state index contributed by atoms with van der Waals surface area (Å²) in [4.78, 5) is 11.6. The molecule has 140 valence electrons. The maximum atomic E-state index is 11.6. The van der Waals surface area contributed by atoms with Gasteiger partial charge >= 0.3 is 5.97 Å². The largest absolute Gasteiger partial charge is 0.480 e. The standard InChI is InChI=1S/C20H33N3O2/c1-2-3-8-20(21,19(24)25)16-10-17(11-16)23-13-18-9-14-6-4-5-7-15(14)12-22-18/h6-7,16-18,22-23H,2-5,8-13,21H2,1H3,(H,24,25). The number of piperidine rings is 1. The number of aliphatic carboxylic acids is 1. The molecule has 5 nitrogen and oxygen atoms in total. The molecule has 0 aromatic carbocycles. The summed E-state index contributed by atoms with van der Waals surface area (Å²) in [7, 11) is 0. The summed E-state index contributed by atoms with van der Waals surface area (Å²) in [5, 5.41) is 16.8. The maximum Gasteiger partial charge on any atom is 0.323 e. The number of nitrogens with one attached hydrogen (secondary N) is 2. The first-order valence-corrected chi connectivity index (χ1v) is 9.90. The number of unbranched alkanes of at least 4 members (excludes halogenated alkanes) is 1. The molecule has 1 heterocycles. The van der Waals surface area contributed by atoms with Crippen molar-refractivity contribution in [3.05, 3.63) is 23.3 Å². The third kappa shape index (κ3) is 4.15. The Bertz CT molecular complexity index is 551. The second-order valence-electron chi connectivity index (χ2n) is 8.04. The van der Waals surface area contributed by atoms with Crippen LogP contribution in [0.1, 0.15) is 58.3 Å². The highest BCUT2D eigenvalue weighted by molar-refractivity contribution is 5.79. The zero-order chi connectivity index (χ0) is 17.9. The molecule has 0 bridgehead atoms. The van der Waals surface area contributed by atoms with Crippen LogP contribution in [-0.4, -0.2) is 41.8 Å². The van der Waals surface area contributed by atoms with E-state index in [1.165, 1.54) is 24.0 Å². The molecule has 0 radical (unpaired) electrons. The molecule has 0 aromatic heterocycles. The summed E-state index contributed by atoms with van der Waals surface area (Å²) < 4.78 is 0. The number of nitrogens with two attached hydrogens (primary N) is 1. The Kier molecular flexibility index (Phi) is 5.97. The van der Waals surface area contributed by atoms with E-state index in [4.69, 9.17) is 5.73 Å². The molecule has 1 saturated carbocycles. The Morgan fingerprint density at radius 2 is 2.08 bits per heavy atom. The average Bonchev–Trinajstić information content (AvgIpc) is 2.58. The fraction of sp³-hybridized carbons (Fsp3) is 0.750. The second kappa shape index (κ2) is 8.02. The maximum absolute atomic E-state index is 11.6. The van der Waals surface area contributed by atoms with E-state index in [-0.39, 0.29) is 5.92 Å². The molecule has 3 rings (SSSR count). The molecule has 5 N–H and O–H groups in total. The van der Waals surface area contributed by atoms with E-state index in [1.54, 1.807) is 0 Å². The van der Waals surface area contributed by atoms with E-state index in [0.29, 0.717) is 18.5 Å². The van der Waals surface area contributed by atoms with Gasteiger partial charge in [0.2, 0.25) is 0 Å². The van der Waals surface area contributed by atoms with Crippen LogP contribution in [0.15, 0.2) is 23.3 Å². The normalized spacial score (nSPS) is 31.2. The first-order chi connectivity index (χ1) is 12.0. The van der Waals surface area contributed by atoms with Gasteiger partial charge in [0.05, 0.1) is 0 Å². The Hall–Kier alpha value is -1.17. The van der Waals surface area contributed by atoms with E-state index in [2.05, 4.69) is 29.7 Å². The fourth-order valence-corrected chi connectivity index (χ4v) is 4.38. The van der Waals surface area contributed by atoms with Crippen LogP contribution in [0.25, 0.3) is 0 Å². The summed E-state index contributed by atoms with van der Waals surface area (Å²) >= 11 is 0. The van der Waals surface area contributed by atoms with Crippen molar-refractivity contribution in [3.63, 3.8) is 0 Å². The van der Waals surface area contributed by atoms with Gasteiger partial charge in [-0.1, -0.05) is 31.9 Å². The lowest BCUT2D eigenvalue weighted by molar-refractivity contribution is -0.148. The van der Waals surface area contributed by atoms with Crippen LogP contribution in [0.5, 0.6) is 0 Å². The third-order valence-electron chi connectivity index (χ3n) is 6.27.